The summed E-state index contributed by atoms with van der Waals surface area (Å²) in [5, 5.41) is 20.6. The summed E-state index contributed by atoms with van der Waals surface area (Å²) < 4.78 is 0. The lowest BCUT2D eigenvalue weighted by molar-refractivity contribution is -0.134. The van der Waals surface area contributed by atoms with Crippen LogP contribution >= 0.6 is 11.6 Å². The summed E-state index contributed by atoms with van der Waals surface area (Å²) in [7, 11) is 0. The first kappa shape index (κ1) is 56.3. The smallest absolute Gasteiger partial charge is 0.243 e. The molecule has 0 fully saturated rings. The van der Waals surface area contributed by atoms with Gasteiger partial charge in [0.1, 0.15) is 24.2 Å². The van der Waals surface area contributed by atoms with Crippen LogP contribution in [0.5, 0.6) is 0 Å². The van der Waals surface area contributed by atoms with E-state index >= 15 is 0 Å². The van der Waals surface area contributed by atoms with Gasteiger partial charge >= 0.3 is 0 Å². The Hall–Kier alpha value is -7.62. The van der Waals surface area contributed by atoms with E-state index in [2.05, 4.69) is 52.2 Å². The van der Waals surface area contributed by atoms with E-state index in [1.807, 2.05) is 44.2 Å². The van der Waals surface area contributed by atoms with Crippen molar-refractivity contribution in [3.8, 4) is 0 Å². The number of imidazole rings is 1. The minimum absolute atomic E-state index is 0.0113. The molecule has 0 spiro atoms. The van der Waals surface area contributed by atoms with Gasteiger partial charge in [-0.15, -0.1) is 0 Å². The Labute approximate surface area is 428 Å². The molecule has 0 saturated carbocycles. The van der Waals surface area contributed by atoms with Gasteiger partial charge in [-0.05, 0) is 73.4 Å². The summed E-state index contributed by atoms with van der Waals surface area (Å²) >= 11 is 6.03. The highest BCUT2D eigenvalue weighted by Crippen LogP contribution is 2.20. The molecule has 7 atom stereocenters. The number of rotatable bonds is 29. The topological polar surface area (TPSA) is 343 Å². The Bertz CT molecular complexity index is 2650. The molecule has 3 aromatic carbocycles. The zero-order valence-electron chi connectivity index (χ0n) is 41.0. The van der Waals surface area contributed by atoms with Crippen molar-refractivity contribution in [1.82, 2.24) is 52.2 Å². The fourth-order valence-electron chi connectivity index (χ4n) is 8.05. The molecule has 21 nitrogen and oxygen atoms in total. The number of carbonyl (C=O) groups is 8. The summed E-state index contributed by atoms with van der Waals surface area (Å²) in [4.78, 5) is 117. The first-order valence-corrected chi connectivity index (χ1v) is 24.4. The number of hydrogen-bond donors (Lipinski definition) is 12. The van der Waals surface area contributed by atoms with Crippen molar-refractivity contribution in [3.63, 3.8) is 0 Å². The normalized spacial score (nSPS) is 14.1. The van der Waals surface area contributed by atoms with Gasteiger partial charge in [-0.3, -0.25) is 38.4 Å². The summed E-state index contributed by atoms with van der Waals surface area (Å²) in [6.45, 7) is 4.93. The van der Waals surface area contributed by atoms with E-state index in [0.29, 0.717) is 22.7 Å². The number of halogens is 1. The maximum absolute atomic E-state index is 14.1. The predicted octanol–water partition coefficient (Wildman–Crippen LogP) is 0.457. The number of nitrogens with two attached hydrogens (primary N) is 3. The number of aromatic nitrogens is 3. The van der Waals surface area contributed by atoms with Gasteiger partial charge in [0.15, 0.2) is 0 Å². The number of carbonyl (C=O) groups excluding carboxylic acids is 8. The van der Waals surface area contributed by atoms with Crippen LogP contribution in [-0.4, -0.2) is 118 Å². The van der Waals surface area contributed by atoms with Crippen LogP contribution < -0.4 is 54.4 Å². The van der Waals surface area contributed by atoms with Crippen molar-refractivity contribution in [2.75, 3.05) is 13.1 Å². The summed E-state index contributed by atoms with van der Waals surface area (Å²) in [6, 6.07) is 16.0. The molecule has 73 heavy (non-hydrogen) atoms. The number of fused-ring (bicyclic) bond motifs is 1. The highest BCUT2D eigenvalue weighted by molar-refractivity contribution is 6.30. The fourth-order valence-corrected chi connectivity index (χ4v) is 8.17. The third-order valence-corrected chi connectivity index (χ3v) is 12.1. The van der Waals surface area contributed by atoms with E-state index in [4.69, 9.17) is 28.8 Å². The van der Waals surface area contributed by atoms with Crippen molar-refractivity contribution in [1.29, 1.82) is 0 Å². The molecule has 2 heterocycles. The molecule has 22 heteroatoms. The molecule has 0 bridgehead atoms. The number of H-pyrrole nitrogens is 2. The molecule has 15 N–H and O–H groups in total. The van der Waals surface area contributed by atoms with E-state index in [1.165, 1.54) is 19.4 Å². The molecule has 0 radical (unpaired) electrons. The molecular weight excluding hydrogens is 958 g/mol. The molecule has 0 unspecified atom stereocenters. The van der Waals surface area contributed by atoms with E-state index in [0.717, 1.165) is 22.0 Å². The van der Waals surface area contributed by atoms with Gasteiger partial charge in [-0.25, -0.2) is 4.98 Å². The quantitative estimate of drug-likeness (QED) is 0.0312. The molecule has 0 aliphatic carbocycles. The minimum Gasteiger partial charge on any atom is -0.370 e. The maximum Gasteiger partial charge on any atom is 0.243 e. The number of amides is 8. The fraction of sp³-hybridized carbons (Fsp3) is 0.392. The number of benzene rings is 3. The van der Waals surface area contributed by atoms with Crippen molar-refractivity contribution in [2.24, 2.45) is 23.1 Å². The van der Waals surface area contributed by atoms with Gasteiger partial charge in [0.05, 0.1) is 25.0 Å². The zero-order chi connectivity index (χ0) is 53.0. The first-order valence-electron chi connectivity index (χ1n) is 24.0. The van der Waals surface area contributed by atoms with Crippen molar-refractivity contribution in [3.05, 3.63) is 125 Å². The Morgan fingerprint density at radius 2 is 1.30 bits per heavy atom. The Morgan fingerprint density at radius 1 is 0.658 bits per heavy atom. The van der Waals surface area contributed by atoms with Crippen LogP contribution in [0.2, 0.25) is 5.02 Å². The highest BCUT2D eigenvalue weighted by Gasteiger charge is 2.32. The molecular formula is C51H66ClN13O8. The van der Waals surface area contributed by atoms with Crippen LogP contribution in [-0.2, 0) is 64.0 Å². The van der Waals surface area contributed by atoms with Gasteiger partial charge in [0.25, 0.3) is 0 Å². The van der Waals surface area contributed by atoms with Crippen molar-refractivity contribution < 1.29 is 38.4 Å². The monoisotopic (exact) mass is 1020 g/mol. The van der Waals surface area contributed by atoms with Gasteiger partial charge < -0.3 is 64.4 Å². The van der Waals surface area contributed by atoms with Gasteiger partial charge in [0.2, 0.25) is 47.3 Å². The Kier molecular flexibility index (Phi) is 21.5. The molecule has 8 amide bonds. The standard InChI is InChI=1S/C51H66ClN13O8/c1-29(2)19-36(26-58-41(46(55)68)21-32-13-15-34(52)16-14-32)62-51(73)43(23-35-25-56-28-60-35)63-45(67)27-59-47(69)30(3)61-50(72)42(22-33-24-57-39-12-8-7-11-37(33)39)65-49(71)40(17-18-44(54)66)64-48(70)38(53)20-31-9-5-4-6-10-31/h4-16,24-25,28-30,36,38,40-43,57-58H,17-23,26-27,53H2,1-3H3,(H2,54,66)(H2,55,68)(H,56,60)(H,59,69)(H,61,72)(H,62,73)(H,63,67)(H,64,70)(H,65,71)/t30-,36-,38+,40-,41-,42-,43-/m0/s1. The molecule has 390 valence electrons. The summed E-state index contributed by atoms with van der Waals surface area (Å²) in [5.41, 5.74) is 21.0. The summed E-state index contributed by atoms with van der Waals surface area (Å²) in [6.07, 6.45) is 5.07. The lowest BCUT2D eigenvalue weighted by Gasteiger charge is -2.26. The Morgan fingerprint density at radius 3 is 1.97 bits per heavy atom. The molecule has 0 aliphatic heterocycles. The summed E-state index contributed by atoms with van der Waals surface area (Å²) in [5.74, 6) is -5.45. The second-order valence-electron chi connectivity index (χ2n) is 18.4. The molecule has 2 aromatic heterocycles. The number of nitrogens with one attached hydrogen (secondary N) is 9. The average Bonchev–Trinajstić information content (AvgIpc) is 4.03. The van der Waals surface area contributed by atoms with Crippen LogP contribution in [0.4, 0.5) is 0 Å². The second-order valence-corrected chi connectivity index (χ2v) is 18.8. The molecule has 5 rings (SSSR count). The van der Waals surface area contributed by atoms with E-state index in [-0.39, 0.29) is 51.0 Å². The number of aromatic amines is 2. The second kappa shape index (κ2) is 27.8. The van der Waals surface area contributed by atoms with E-state index in [9.17, 15) is 38.4 Å². The Balaban J connectivity index is 1.23. The van der Waals surface area contributed by atoms with E-state index in [1.54, 1.807) is 54.7 Å². The lowest BCUT2D eigenvalue weighted by Crippen LogP contribution is -2.58. The van der Waals surface area contributed by atoms with Crippen molar-refractivity contribution in [2.45, 2.75) is 108 Å². The number of nitrogens with zero attached hydrogens (tertiary/aromatic N) is 1. The SMILES string of the molecule is CC(C)C[C@@H](CN[C@@H](Cc1ccc(Cl)cc1)C(N)=O)NC(=O)[C@H](Cc1cnc[nH]1)NC(=O)CNC(=O)[C@H](C)NC(=O)[C@H](Cc1c[nH]c2ccccc12)NC(=O)[C@H](CCC(N)=O)NC(=O)[C@H](N)Cc1ccccc1. The van der Waals surface area contributed by atoms with Crippen LogP contribution in [0.3, 0.4) is 0 Å². The van der Waals surface area contributed by atoms with Gasteiger partial charge in [-0.1, -0.05) is 86.1 Å². The molecule has 5 aromatic rings. The number of primary amides is 2. The van der Waals surface area contributed by atoms with Crippen LogP contribution in [0.15, 0.2) is 97.6 Å². The average molecular weight is 1020 g/mol. The third-order valence-electron chi connectivity index (χ3n) is 11.9. The predicted molar refractivity (Wildman–Crippen MR) is 275 cm³/mol. The van der Waals surface area contributed by atoms with Gasteiger partial charge in [-0.2, -0.15) is 0 Å². The minimum atomic E-state index is -1.32. The maximum atomic E-state index is 14.1. The lowest BCUT2D eigenvalue weighted by atomic mass is 10.0. The number of para-hydroxylation sites is 1. The molecule has 0 aliphatic rings. The van der Waals surface area contributed by atoms with Crippen LogP contribution in [0.25, 0.3) is 10.9 Å². The third kappa shape index (κ3) is 18.5. The highest BCUT2D eigenvalue weighted by atomic mass is 35.5. The first-order chi connectivity index (χ1) is 34.8. The number of hydrogen-bond acceptors (Lipinski definition) is 11. The van der Waals surface area contributed by atoms with Crippen LogP contribution in [0, 0.1) is 5.92 Å². The molecule has 0 saturated heterocycles. The van der Waals surface area contributed by atoms with E-state index < -0.39 is 96.1 Å². The van der Waals surface area contributed by atoms with Crippen molar-refractivity contribution >= 4 is 69.8 Å². The zero-order valence-corrected chi connectivity index (χ0v) is 41.8. The van der Waals surface area contributed by atoms with Gasteiger partial charge in [0, 0.05) is 65.9 Å². The largest absolute Gasteiger partial charge is 0.370 e. The van der Waals surface area contributed by atoms with Crippen LogP contribution in [0.1, 0.15) is 62.4 Å².